The van der Waals surface area contributed by atoms with Gasteiger partial charge in [0.1, 0.15) is 6.10 Å². The van der Waals surface area contributed by atoms with E-state index < -0.39 is 0 Å². The van der Waals surface area contributed by atoms with Gasteiger partial charge in [0.15, 0.2) is 0 Å². The van der Waals surface area contributed by atoms with Gasteiger partial charge in [-0.15, -0.1) is 0 Å². The van der Waals surface area contributed by atoms with E-state index in [0.717, 1.165) is 29.7 Å². The molecular weight excluding hydrogens is 342 g/mol. The van der Waals surface area contributed by atoms with Crippen LogP contribution in [0.1, 0.15) is 28.8 Å². The lowest BCUT2D eigenvalue weighted by Gasteiger charge is -2.31. The number of hydrogen-bond donors (Lipinski definition) is 1. The molecule has 1 aliphatic rings. The van der Waals surface area contributed by atoms with Crippen molar-refractivity contribution in [1.29, 1.82) is 0 Å². The van der Waals surface area contributed by atoms with Gasteiger partial charge in [-0.25, -0.2) is 9.97 Å². The number of nitrogens with one attached hydrogen (secondary N) is 1. The number of amides is 1. The molecule has 4 rings (SSSR count). The highest BCUT2D eigenvalue weighted by molar-refractivity contribution is 5.99. The number of ether oxygens (including phenoxy) is 1. The van der Waals surface area contributed by atoms with E-state index >= 15 is 0 Å². The topological polar surface area (TPSA) is 84.0 Å². The van der Waals surface area contributed by atoms with E-state index in [9.17, 15) is 4.79 Å². The molecule has 0 aliphatic carbocycles. The lowest BCUT2D eigenvalue weighted by atomic mass is 10.0. The summed E-state index contributed by atoms with van der Waals surface area (Å²) in [5.74, 6) is -0.00494. The second kappa shape index (κ2) is 7.57. The summed E-state index contributed by atoms with van der Waals surface area (Å²) in [4.78, 5) is 23.0. The number of H-pyrrole nitrogens is 1. The van der Waals surface area contributed by atoms with Gasteiger partial charge in [-0.1, -0.05) is 23.8 Å². The molecule has 1 saturated heterocycles. The molecule has 0 radical (unpaired) electrons. The van der Waals surface area contributed by atoms with Crippen LogP contribution in [0.3, 0.4) is 0 Å². The van der Waals surface area contributed by atoms with E-state index in [-0.39, 0.29) is 12.0 Å². The summed E-state index contributed by atoms with van der Waals surface area (Å²) in [7, 11) is 0. The van der Waals surface area contributed by atoms with E-state index in [2.05, 4.69) is 20.2 Å². The van der Waals surface area contributed by atoms with Crippen molar-refractivity contribution in [2.75, 3.05) is 13.1 Å². The Morgan fingerprint density at radius 2 is 1.96 bits per heavy atom. The van der Waals surface area contributed by atoms with Crippen molar-refractivity contribution in [3.63, 3.8) is 0 Å². The van der Waals surface area contributed by atoms with Crippen LogP contribution in [0.4, 0.5) is 0 Å². The molecule has 27 heavy (non-hydrogen) atoms. The van der Waals surface area contributed by atoms with Gasteiger partial charge in [0.2, 0.25) is 0 Å². The normalized spacial score (nSPS) is 14.9. The number of likely N-dealkylation sites (tertiary alicyclic amines) is 1. The van der Waals surface area contributed by atoms with Gasteiger partial charge in [0.05, 0.1) is 17.5 Å². The van der Waals surface area contributed by atoms with E-state index in [4.69, 9.17) is 4.74 Å². The van der Waals surface area contributed by atoms with E-state index in [1.54, 1.807) is 24.7 Å². The fourth-order valence-electron chi connectivity index (χ4n) is 3.31. The molecule has 1 aliphatic heterocycles. The van der Waals surface area contributed by atoms with Crippen molar-refractivity contribution in [3.05, 3.63) is 60.0 Å². The van der Waals surface area contributed by atoms with Gasteiger partial charge in [0, 0.05) is 43.9 Å². The van der Waals surface area contributed by atoms with E-state index in [0.29, 0.717) is 24.7 Å². The number of aromatic amines is 1. The third-order valence-electron chi connectivity index (χ3n) is 4.72. The van der Waals surface area contributed by atoms with Crippen LogP contribution in [0.15, 0.2) is 48.9 Å². The summed E-state index contributed by atoms with van der Waals surface area (Å²) in [5.41, 5.74) is 3.48. The van der Waals surface area contributed by atoms with E-state index in [1.807, 2.05) is 36.1 Å². The number of benzene rings is 1. The number of aromatic nitrogens is 4. The molecule has 2 aromatic heterocycles. The standard InChI is InChI=1S/C20H21N5O2/c1-14-4-2-5-15(12-14)18-17(13-23-24-18)19(26)25-10-6-16(7-11-25)27-20-21-8-3-9-22-20/h2-5,8-9,12-13,16H,6-7,10-11H2,1H3,(H,23,24). The fraction of sp³-hybridized carbons (Fsp3) is 0.300. The van der Waals surface area contributed by atoms with Gasteiger partial charge < -0.3 is 9.64 Å². The molecule has 3 aromatic rings. The van der Waals surface area contributed by atoms with Gasteiger partial charge in [0.25, 0.3) is 5.91 Å². The average Bonchev–Trinajstić information content (AvgIpc) is 3.19. The number of hydrogen-bond acceptors (Lipinski definition) is 5. The lowest BCUT2D eigenvalue weighted by molar-refractivity contribution is 0.0579. The molecule has 1 amide bonds. The number of carbonyl (C=O) groups excluding carboxylic acids is 1. The monoisotopic (exact) mass is 363 g/mol. The van der Waals surface area contributed by atoms with Crippen molar-refractivity contribution in [1.82, 2.24) is 25.1 Å². The van der Waals surface area contributed by atoms with Crippen molar-refractivity contribution >= 4 is 5.91 Å². The molecule has 0 unspecified atom stereocenters. The van der Waals surface area contributed by atoms with Gasteiger partial charge in [-0.2, -0.15) is 5.10 Å². The molecule has 0 spiro atoms. The Morgan fingerprint density at radius 3 is 2.70 bits per heavy atom. The summed E-state index contributed by atoms with van der Waals surface area (Å²) in [5, 5.41) is 7.07. The predicted octanol–water partition coefficient (Wildman–Crippen LogP) is 2.86. The van der Waals surface area contributed by atoms with Crippen molar-refractivity contribution < 1.29 is 9.53 Å². The predicted molar refractivity (Wildman–Crippen MR) is 100 cm³/mol. The van der Waals surface area contributed by atoms with Crippen LogP contribution in [0.2, 0.25) is 0 Å². The second-order valence-corrected chi connectivity index (χ2v) is 6.67. The first-order chi connectivity index (χ1) is 13.2. The van der Waals surface area contributed by atoms with Gasteiger partial charge in [-0.3, -0.25) is 9.89 Å². The van der Waals surface area contributed by atoms with Crippen LogP contribution in [-0.4, -0.2) is 50.2 Å². The molecule has 7 nitrogen and oxygen atoms in total. The first-order valence-corrected chi connectivity index (χ1v) is 9.04. The lowest BCUT2D eigenvalue weighted by Crippen LogP contribution is -2.42. The van der Waals surface area contributed by atoms with Crippen LogP contribution < -0.4 is 4.74 Å². The molecule has 7 heteroatoms. The number of piperidine rings is 1. The maximum atomic E-state index is 13.0. The Morgan fingerprint density at radius 1 is 1.19 bits per heavy atom. The number of carbonyl (C=O) groups is 1. The highest BCUT2D eigenvalue weighted by Gasteiger charge is 2.27. The van der Waals surface area contributed by atoms with Gasteiger partial charge in [-0.05, 0) is 19.1 Å². The fourth-order valence-corrected chi connectivity index (χ4v) is 3.31. The minimum Gasteiger partial charge on any atom is -0.460 e. The Labute approximate surface area is 157 Å². The zero-order valence-corrected chi connectivity index (χ0v) is 15.1. The molecular formula is C20H21N5O2. The smallest absolute Gasteiger partial charge is 0.316 e. The maximum absolute atomic E-state index is 13.0. The summed E-state index contributed by atoms with van der Waals surface area (Å²) in [6, 6.07) is 10.2. The van der Waals surface area contributed by atoms with Crippen molar-refractivity contribution in [2.24, 2.45) is 0 Å². The molecule has 138 valence electrons. The van der Waals surface area contributed by atoms with Crippen LogP contribution in [0, 0.1) is 6.92 Å². The highest BCUT2D eigenvalue weighted by Crippen LogP contribution is 2.25. The zero-order valence-electron chi connectivity index (χ0n) is 15.1. The van der Waals surface area contributed by atoms with Crippen LogP contribution in [0.5, 0.6) is 6.01 Å². The Kier molecular flexibility index (Phi) is 4.82. The van der Waals surface area contributed by atoms with Crippen molar-refractivity contribution in [2.45, 2.75) is 25.9 Å². The van der Waals surface area contributed by atoms with Crippen LogP contribution >= 0.6 is 0 Å². The number of nitrogens with zero attached hydrogens (tertiary/aromatic N) is 4. The molecule has 0 saturated carbocycles. The molecule has 1 aromatic carbocycles. The summed E-state index contributed by atoms with van der Waals surface area (Å²) < 4.78 is 5.80. The Balaban J connectivity index is 1.42. The zero-order chi connectivity index (χ0) is 18.6. The molecule has 0 bridgehead atoms. The first kappa shape index (κ1) is 17.2. The summed E-state index contributed by atoms with van der Waals surface area (Å²) in [6.07, 6.45) is 6.46. The third-order valence-corrected chi connectivity index (χ3v) is 4.72. The minimum absolute atomic E-state index is 0.00494. The summed E-state index contributed by atoms with van der Waals surface area (Å²) >= 11 is 0. The maximum Gasteiger partial charge on any atom is 0.316 e. The average molecular weight is 363 g/mol. The Hall–Kier alpha value is -3.22. The minimum atomic E-state index is -0.00494. The molecule has 0 atom stereocenters. The van der Waals surface area contributed by atoms with Gasteiger partial charge >= 0.3 is 6.01 Å². The largest absolute Gasteiger partial charge is 0.460 e. The summed E-state index contributed by atoms with van der Waals surface area (Å²) in [6.45, 7) is 3.30. The quantitative estimate of drug-likeness (QED) is 0.770. The van der Waals surface area contributed by atoms with E-state index in [1.165, 1.54) is 0 Å². The highest BCUT2D eigenvalue weighted by atomic mass is 16.5. The third kappa shape index (κ3) is 3.81. The van der Waals surface area contributed by atoms with Crippen LogP contribution in [-0.2, 0) is 0 Å². The molecule has 3 heterocycles. The molecule has 1 N–H and O–H groups in total. The van der Waals surface area contributed by atoms with Crippen LogP contribution in [0.25, 0.3) is 11.3 Å². The molecule has 1 fully saturated rings. The first-order valence-electron chi connectivity index (χ1n) is 9.04. The number of rotatable bonds is 4. The second-order valence-electron chi connectivity index (χ2n) is 6.67. The number of aryl methyl sites for hydroxylation is 1. The Bertz CT molecular complexity index is 917. The SMILES string of the molecule is Cc1cccc(-c2[nH]ncc2C(=O)N2CCC(Oc3ncccn3)CC2)c1. The van der Waals surface area contributed by atoms with Crippen molar-refractivity contribution in [3.8, 4) is 17.3 Å².